The molecule has 1 aliphatic heterocycles. The predicted molar refractivity (Wildman–Crippen MR) is 144 cm³/mol. The lowest BCUT2D eigenvalue weighted by atomic mass is 9.75. The molecule has 1 saturated heterocycles. The van der Waals surface area contributed by atoms with E-state index < -0.39 is 18.3 Å². The normalized spacial score (nSPS) is 18.2. The number of hydrogen-bond acceptors (Lipinski definition) is 2. The molecule has 0 N–H and O–H groups in total. The first-order valence-electron chi connectivity index (χ1n) is 11.7. The van der Waals surface area contributed by atoms with Crippen molar-refractivity contribution in [3.05, 3.63) is 29.3 Å². The van der Waals surface area contributed by atoms with E-state index in [0.717, 1.165) is 53.7 Å². The molecule has 0 aromatic heterocycles. The zero-order valence-corrected chi connectivity index (χ0v) is 24.1. The highest BCUT2D eigenvalue weighted by Crippen LogP contribution is 2.37. The summed E-state index contributed by atoms with van der Waals surface area (Å²) in [5.74, 6) is 2.37. The predicted octanol–water partition coefficient (Wildman–Crippen LogP) is 4.83. The monoisotopic (exact) mass is 540 g/mol. The van der Waals surface area contributed by atoms with E-state index in [9.17, 15) is 0 Å². The van der Waals surface area contributed by atoms with Crippen molar-refractivity contribution < 1.29 is 18.3 Å². The van der Waals surface area contributed by atoms with E-state index in [0.29, 0.717) is 23.5 Å². The van der Waals surface area contributed by atoms with Crippen LogP contribution in [0.15, 0.2) is 18.2 Å². The van der Waals surface area contributed by atoms with Gasteiger partial charge < -0.3 is 18.3 Å². The molecule has 4 nitrogen and oxygen atoms in total. The molecule has 0 saturated carbocycles. The van der Waals surface area contributed by atoms with E-state index in [1.165, 1.54) is 11.1 Å². The first-order chi connectivity index (χ1) is 15.3. The molecule has 1 aromatic rings. The summed E-state index contributed by atoms with van der Waals surface area (Å²) in [7, 11) is 4.02. The highest BCUT2D eigenvalue weighted by Gasteiger charge is 2.52. The average Bonchev–Trinajstić information content (AvgIpc) is 2.89. The Balaban J connectivity index is 2.47. The van der Waals surface area contributed by atoms with Crippen LogP contribution in [0.4, 0.5) is 0 Å². The fraction of sp³-hybridized carbons (Fsp3) is 0.750. The molecule has 1 aliphatic rings. The summed E-state index contributed by atoms with van der Waals surface area (Å²) in [6, 6.07) is 6.67. The van der Waals surface area contributed by atoms with Gasteiger partial charge in [-0.25, -0.2) is 0 Å². The van der Waals surface area contributed by atoms with Crippen molar-refractivity contribution in [2.75, 3.05) is 63.8 Å². The van der Waals surface area contributed by atoms with E-state index in [4.69, 9.17) is 55.7 Å². The quantitative estimate of drug-likeness (QED) is 0.202. The second-order valence-corrected chi connectivity index (χ2v) is 12.3. The topological polar surface area (TPSA) is 18.5 Å². The summed E-state index contributed by atoms with van der Waals surface area (Å²) in [4.78, 5) is 0. The van der Waals surface area contributed by atoms with Gasteiger partial charge in [0.1, 0.15) is 13.1 Å². The Kier molecular flexibility index (Phi) is 10.7. The minimum atomic E-state index is -0.411. The minimum absolute atomic E-state index is 0.395. The molecule has 188 valence electrons. The second-order valence-electron chi connectivity index (χ2n) is 10.8. The maximum absolute atomic E-state index is 6.42. The second kappa shape index (κ2) is 12.0. The van der Waals surface area contributed by atoms with Gasteiger partial charge in [-0.05, 0) is 39.2 Å². The van der Waals surface area contributed by atoms with Crippen LogP contribution in [0, 0.1) is 0 Å². The van der Waals surface area contributed by atoms with E-state index in [2.05, 4.69) is 60.0 Å². The van der Waals surface area contributed by atoms with E-state index in [1.807, 2.05) is 0 Å². The number of quaternary nitrogens is 2. The fourth-order valence-corrected chi connectivity index (χ4v) is 5.93. The number of halogens is 4. The van der Waals surface area contributed by atoms with Gasteiger partial charge in [-0.3, -0.25) is 0 Å². The molecule has 9 heteroatoms. The van der Waals surface area contributed by atoms with Crippen LogP contribution >= 0.6 is 46.4 Å². The van der Waals surface area contributed by atoms with E-state index in [1.54, 1.807) is 0 Å². The summed E-state index contributed by atoms with van der Waals surface area (Å²) in [6.07, 6.45) is 0. The highest BCUT2D eigenvalue weighted by molar-refractivity contribution is 6.62. The lowest BCUT2D eigenvalue weighted by Crippen LogP contribution is -2.49. The van der Waals surface area contributed by atoms with Crippen LogP contribution in [-0.2, 0) is 22.4 Å². The first kappa shape index (κ1) is 29.5. The third-order valence-electron chi connectivity index (χ3n) is 7.33. The molecule has 0 atom stereocenters. The Bertz CT molecular complexity index is 751. The summed E-state index contributed by atoms with van der Waals surface area (Å²) < 4.78 is 14.4. The first-order valence-corrected chi connectivity index (χ1v) is 13.9. The lowest BCUT2D eigenvalue weighted by molar-refractivity contribution is -0.918. The van der Waals surface area contributed by atoms with Crippen molar-refractivity contribution in [3.63, 3.8) is 0 Å². The Morgan fingerprint density at radius 3 is 1.58 bits per heavy atom. The van der Waals surface area contributed by atoms with Crippen LogP contribution in [0.1, 0.15) is 38.8 Å². The number of alkyl halides is 4. The SMILES string of the molecule is CC1(C)OB(c2ccc(C[N+](C)(CCCl)CCCl)cc2C[N+](C)(CCCl)CCCl)OC1(C)C. The molecule has 0 spiro atoms. The molecule has 33 heavy (non-hydrogen) atoms. The van der Waals surface area contributed by atoms with Crippen molar-refractivity contribution in [1.29, 1.82) is 0 Å². The molecule has 1 heterocycles. The Labute approximate surface area is 221 Å². The van der Waals surface area contributed by atoms with Gasteiger partial charge in [0.25, 0.3) is 0 Å². The molecule has 0 aliphatic carbocycles. The van der Waals surface area contributed by atoms with Crippen molar-refractivity contribution >= 4 is 59.0 Å². The number of hydrogen-bond donors (Lipinski definition) is 0. The van der Waals surface area contributed by atoms with Crippen molar-refractivity contribution in [3.8, 4) is 0 Å². The highest BCUT2D eigenvalue weighted by atomic mass is 35.5. The Hall–Kier alpha value is 0.285. The molecular weight excluding hydrogens is 501 g/mol. The molecule has 0 unspecified atom stereocenters. The lowest BCUT2D eigenvalue weighted by Gasteiger charge is -2.35. The van der Waals surface area contributed by atoms with Crippen molar-refractivity contribution in [2.45, 2.75) is 52.0 Å². The van der Waals surface area contributed by atoms with Gasteiger partial charge in [0.15, 0.2) is 0 Å². The van der Waals surface area contributed by atoms with Crippen LogP contribution < -0.4 is 5.46 Å². The van der Waals surface area contributed by atoms with Crippen LogP contribution in [0.25, 0.3) is 0 Å². The van der Waals surface area contributed by atoms with Gasteiger partial charge >= 0.3 is 7.12 Å². The molecule has 0 amide bonds. The summed E-state index contributed by atoms with van der Waals surface area (Å²) >= 11 is 24.6. The number of rotatable bonds is 13. The third-order valence-corrected chi connectivity index (χ3v) is 8.00. The maximum Gasteiger partial charge on any atom is 0.495 e. The van der Waals surface area contributed by atoms with Gasteiger partial charge in [-0.15, -0.1) is 46.4 Å². The smallest absolute Gasteiger partial charge is 0.399 e. The van der Waals surface area contributed by atoms with Gasteiger partial charge in [0, 0.05) is 11.1 Å². The molecule has 0 bridgehead atoms. The zero-order valence-electron chi connectivity index (χ0n) is 21.1. The molecule has 1 fully saturated rings. The summed E-state index contributed by atoms with van der Waals surface area (Å²) in [5, 5.41) is 0. The standard InChI is InChI=1S/C24H41BCl4N2O2/c1-23(2)24(3,4)33-25(32-23)22-8-7-20(18-30(5,13-9-26)14-10-27)17-21(22)19-31(6,15-11-28)16-12-29/h7-8,17H,9-16,18-19H2,1-6H3/q+2. The third kappa shape index (κ3) is 7.63. The Morgan fingerprint density at radius 2 is 1.15 bits per heavy atom. The molecule has 1 aromatic carbocycles. The largest absolute Gasteiger partial charge is 0.495 e. The van der Waals surface area contributed by atoms with Crippen LogP contribution in [-0.4, -0.2) is 91.1 Å². The number of nitrogens with zero attached hydrogens (tertiary/aromatic N) is 2. The summed E-state index contributed by atoms with van der Waals surface area (Å²) in [5.41, 5.74) is 2.76. The average molecular weight is 542 g/mol. The molecule has 2 rings (SSSR count). The molecular formula is C24H41BCl4N2O2+2. The van der Waals surface area contributed by atoms with Crippen LogP contribution in [0.2, 0.25) is 0 Å². The van der Waals surface area contributed by atoms with Crippen molar-refractivity contribution in [2.24, 2.45) is 0 Å². The van der Waals surface area contributed by atoms with E-state index in [-0.39, 0.29) is 0 Å². The fourth-order valence-electron chi connectivity index (χ4n) is 4.30. The molecule has 0 radical (unpaired) electrons. The Morgan fingerprint density at radius 1 is 0.727 bits per heavy atom. The zero-order chi connectivity index (χ0) is 24.9. The van der Waals surface area contributed by atoms with Gasteiger partial charge in [-0.1, -0.05) is 12.1 Å². The maximum atomic E-state index is 6.42. The van der Waals surface area contributed by atoms with Gasteiger partial charge in [-0.2, -0.15) is 0 Å². The van der Waals surface area contributed by atoms with Crippen LogP contribution in [0.5, 0.6) is 0 Å². The minimum Gasteiger partial charge on any atom is -0.399 e. The van der Waals surface area contributed by atoms with Crippen LogP contribution in [0.3, 0.4) is 0 Å². The van der Waals surface area contributed by atoms with E-state index >= 15 is 0 Å². The van der Waals surface area contributed by atoms with Gasteiger partial charge in [0.05, 0.1) is 75.0 Å². The number of benzene rings is 1. The summed E-state index contributed by atoms with van der Waals surface area (Å²) in [6.45, 7) is 13.4. The van der Waals surface area contributed by atoms with Crippen molar-refractivity contribution in [1.82, 2.24) is 0 Å². The van der Waals surface area contributed by atoms with Gasteiger partial charge in [0.2, 0.25) is 0 Å².